The second-order valence-electron chi connectivity index (χ2n) is 5.89. The molecule has 3 N–H and O–H groups in total. The first kappa shape index (κ1) is 12.8. The van der Waals surface area contributed by atoms with Crippen LogP contribution < -0.4 is 11.1 Å². The zero-order valence-corrected chi connectivity index (χ0v) is 11.7. The van der Waals surface area contributed by atoms with E-state index in [2.05, 4.69) is 5.32 Å². The van der Waals surface area contributed by atoms with Crippen molar-refractivity contribution in [2.45, 2.75) is 24.6 Å². The van der Waals surface area contributed by atoms with Crippen LogP contribution in [0.5, 0.6) is 0 Å². The van der Waals surface area contributed by atoms with Crippen molar-refractivity contribution in [3.8, 4) is 0 Å². The number of ether oxygens (including phenoxy) is 1. The molecule has 4 unspecified atom stereocenters. The number of benzene rings is 2. The van der Waals surface area contributed by atoms with Crippen LogP contribution in [0.1, 0.15) is 16.8 Å². The predicted octanol–water partition coefficient (Wildman–Crippen LogP) is 1.68. The SMILES string of the molecule is NC1C2CCOC2C1NC(=O)c1cccc2ccccc12. The average Bonchev–Trinajstić information content (AvgIpc) is 2.96. The smallest absolute Gasteiger partial charge is 0.252 e. The normalized spacial score (nSPS) is 30.7. The lowest BCUT2D eigenvalue weighted by molar-refractivity contribution is -0.0160. The van der Waals surface area contributed by atoms with E-state index in [9.17, 15) is 4.79 Å². The van der Waals surface area contributed by atoms with Crippen LogP contribution in [0.2, 0.25) is 0 Å². The number of nitrogens with one attached hydrogen (secondary N) is 1. The van der Waals surface area contributed by atoms with Crippen molar-refractivity contribution in [2.75, 3.05) is 6.61 Å². The van der Waals surface area contributed by atoms with Crippen molar-refractivity contribution in [3.05, 3.63) is 48.0 Å². The average molecular weight is 282 g/mol. The Labute approximate surface area is 123 Å². The van der Waals surface area contributed by atoms with E-state index in [0.717, 1.165) is 23.8 Å². The van der Waals surface area contributed by atoms with Crippen LogP contribution in [0.3, 0.4) is 0 Å². The Balaban J connectivity index is 1.60. The zero-order valence-electron chi connectivity index (χ0n) is 11.7. The van der Waals surface area contributed by atoms with E-state index in [1.165, 1.54) is 0 Å². The quantitative estimate of drug-likeness (QED) is 0.881. The van der Waals surface area contributed by atoms with Crippen LogP contribution in [0, 0.1) is 5.92 Å². The van der Waals surface area contributed by atoms with Crippen LogP contribution >= 0.6 is 0 Å². The van der Waals surface area contributed by atoms with E-state index in [1.807, 2.05) is 42.5 Å². The van der Waals surface area contributed by atoms with Crippen molar-refractivity contribution < 1.29 is 9.53 Å². The maximum atomic E-state index is 12.6. The molecule has 108 valence electrons. The highest BCUT2D eigenvalue weighted by atomic mass is 16.5. The molecule has 0 spiro atoms. The van der Waals surface area contributed by atoms with Crippen molar-refractivity contribution in [1.82, 2.24) is 5.32 Å². The molecule has 1 aliphatic heterocycles. The first-order valence-corrected chi connectivity index (χ1v) is 7.41. The standard InChI is InChI=1S/C17H18N2O2/c18-14-13-8-9-21-16(13)15(14)19-17(20)12-7-3-5-10-4-1-2-6-11(10)12/h1-7,13-16H,8-9,18H2,(H,19,20). The van der Waals surface area contributed by atoms with Crippen molar-refractivity contribution in [2.24, 2.45) is 11.7 Å². The van der Waals surface area contributed by atoms with E-state index in [-0.39, 0.29) is 24.1 Å². The van der Waals surface area contributed by atoms with E-state index >= 15 is 0 Å². The molecule has 4 atom stereocenters. The first-order chi connectivity index (χ1) is 10.3. The molecule has 2 fully saturated rings. The van der Waals surface area contributed by atoms with Crippen molar-refractivity contribution in [1.29, 1.82) is 0 Å². The van der Waals surface area contributed by atoms with Gasteiger partial charge >= 0.3 is 0 Å². The Bertz CT molecular complexity index is 695. The molecule has 0 radical (unpaired) electrons. The lowest BCUT2D eigenvalue weighted by Gasteiger charge is -2.45. The molecule has 1 saturated carbocycles. The molecular formula is C17H18N2O2. The lowest BCUT2D eigenvalue weighted by Crippen LogP contribution is -2.68. The van der Waals surface area contributed by atoms with Gasteiger partial charge in [0.25, 0.3) is 5.91 Å². The van der Waals surface area contributed by atoms with Gasteiger partial charge in [0.15, 0.2) is 0 Å². The van der Waals surface area contributed by atoms with Gasteiger partial charge in [0.2, 0.25) is 0 Å². The van der Waals surface area contributed by atoms with E-state index in [1.54, 1.807) is 0 Å². The molecule has 4 rings (SSSR count). The van der Waals surface area contributed by atoms with Gasteiger partial charge in [-0.2, -0.15) is 0 Å². The molecule has 21 heavy (non-hydrogen) atoms. The minimum atomic E-state index is -0.0683. The maximum absolute atomic E-state index is 12.6. The molecule has 2 aromatic rings. The Hall–Kier alpha value is -1.91. The summed E-state index contributed by atoms with van der Waals surface area (Å²) >= 11 is 0. The first-order valence-electron chi connectivity index (χ1n) is 7.41. The Morgan fingerprint density at radius 3 is 2.90 bits per heavy atom. The van der Waals surface area contributed by atoms with Crippen LogP contribution in [0.15, 0.2) is 42.5 Å². The summed E-state index contributed by atoms with van der Waals surface area (Å²) in [6.07, 6.45) is 1.10. The van der Waals surface area contributed by atoms with Gasteiger partial charge in [-0.3, -0.25) is 4.79 Å². The Kier molecular flexibility index (Phi) is 2.94. The number of nitrogens with two attached hydrogens (primary N) is 1. The number of fused-ring (bicyclic) bond motifs is 2. The van der Waals surface area contributed by atoms with Crippen LogP contribution in [-0.2, 0) is 4.74 Å². The number of carbonyl (C=O) groups is 1. The van der Waals surface area contributed by atoms with Gasteiger partial charge in [-0.1, -0.05) is 36.4 Å². The lowest BCUT2D eigenvalue weighted by atomic mass is 9.72. The number of hydrogen-bond acceptors (Lipinski definition) is 3. The molecule has 2 aliphatic rings. The van der Waals surface area contributed by atoms with Gasteiger partial charge < -0.3 is 15.8 Å². The van der Waals surface area contributed by atoms with Crippen molar-refractivity contribution in [3.63, 3.8) is 0 Å². The largest absolute Gasteiger partial charge is 0.376 e. The van der Waals surface area contributed by atoms with Crippen LogP contribution in [0.4, 0.5) is 0 Å². The fourth-order valence-corrected chi connectivity index (χ4v) is 3.58. The number of carbonyl (C=O) groups excluding carboxylic acids is 1. The Morgan fingerprint density at radius 2 is 2.00 bits per heavy atom. The summed E-state index contributed by atoms with van der Waals surface area (Å²) in [5, 5.41) is 5.09. The van der Waals surface area contributed by atoms with Crippen LogP contribution in [-0.4, -0.2) is 30.7 Å². The topological polar surface area (TPSA) is 64.3 Å². The number of hydrogen-bond donors (Lipinski definition) is 2. The molecule has 4 heteroatoms. The third kappa shape index (κ3) is 1.94. The van der Waals surface area contributed by atoms with Crippen LogP contribution in [0.25, 0.3) is 10.8 Å². The van der Waals surface area contributed by atoms with Gasteiger partial charge in [-0.15, -0.1) is 0 Å². The molecule has 1 heterocycles. The third-order valence-electron chi connectivity index (χ3n) is 4.78. The second-order valence-corrected chi connectivity index (χ2v) is 5.89. The minimum Gasteiger partial charge on any atom is -0.376 e. The van der Waals surface area contributed by atoms with Crippen molar-refractivity contribution >= 4 is 16.7 Å². The molecule has 2 aromatic carbocycles. The molecule has 1 saturated heterocycles. The second kappa shape index (κ2) is 4.83. The summed E-state index contributed by atoms with van der Waals surface area (Å²) in [7, 11) is 0. The summed E-state index contributed by atoms with van der Waals surface area (Å²) in [5.41, 5.74) is 6.85. The fraction of sp³-hybridized carbons (Fsp3) is 0.353. The highest BCUT2D eigenvalue weighted by Crippen LogP contribution is 2.37. The molecule has 0 aromatic heterocycles. The highest BCUT2D eigenvalue weighted by molar-refractivity contribution is 6.07. The summed E-state index contributed by atoms with van der Waals surface area (Å²) in [5.74, 6) is 0.337. The van der Waals surface area contributed by atoms with Gasteiger partial charge in [0, 0.05) is 24.1 Å². The van der Waals surface area contributed by atoms with E-state index in [0.29, 0.717) is 11.5 Å². The number of rotatable bonds is 2. The van der Waals surface area contributed by atoms with Gasteiger partial charge in [-0.25, -0.2) is 0 Å². The molecule has 4 nitrogen and oxygen atoms in total. The molecular weight excluding hydrogens is 264 g/mol. The highest BCUT2D eigenvalue weighted by Gasteiger charge is 2.52. The summed E-state index contributed by atoms with van der Waals surface area (Å²) in [6, 6.07) is 13.6. The zero-order chi connectivity index (χ0) is 14.4. The monoisotopic (exact) mass is 282 g/mol. The predicted molar refractivity (Wildman–Crippen MR) is 81.0 cm³/mol. The summed E-state index contributed by atoms with van der Waals surface area (Å²) in [4.78, 5) is 12.6. The van der Waals surface area contributed by atoms with Gasteiger partial charge in [-0.05, 0) is 23.3 Å². The molecule has 0 bridgehead atoms. The van der Waals surface area contributed by atoms with Gasteiger partial charge in [0.05, 0.1) is 12.1 Å². The van der Waals surface area contributed by atoms with E-state index < -0.39 is 0 Å². The minimum absolute atomic E-state index is 0.0106. The van der Waals surface area contributed by atoms with Gasteiger partial charge in [0.1, 0.15) is 0 Å². The summed E-state index contributed by atoms with van der Waals surface area (Å²) in [6.45, 7) is 0.754. The van der Waals surface area contributed by atoms with E-state index in [4.69, 9.17) is 10.5 Å². The fourth-order valence-electron chi connectivity index (χ4n) is 3.58. The molecule has 1 aliphatic carbocycles. The number of amides is 1. The molecule has 1 amide bonds. The maximum Gasteiger partial charge on any atom is 0.252 e. The third-order valence-corrected chi connectivity index (χ3v) is 4.78. The summed E-state index contributed by atoms with van der Waals surface area (Å²) < 4.78 is 5.66. The Morgan fingerprint density at radius 1 is 1.19 bits per heavy atom.